The first kappa shape index (κ1) is 18.2. The van der Waals surface area contributed by atoms with Crippen molar-refractivity contribution in [1.29, 1.82) is 0 Å². The zero-order chi connectivity index (χ0) is 17.4. The maximum absolute atomic E-state index is 11.9. The number of amides is 1. The molecule has 1 fully saturated rings. The van der Waals surface area contributed by atoms with Gasteiger partial charge in [0.1, 0.15) is 0 Å². The van der Waals surface area contributed by atoms with E-state index in [1.165, 1.54) is 14.2 Å². The van der Waals surface area contributed by atoms with E-state index in [0.29, 0.717) is 11.5 Å². The van der Waals surface area contributed by atoms with E-state index in [1.54, 1.807) is 6.08 Å². The molecule has 1 saturated heterocycles. The fourth-order valence-electron chi connectivity index (χ4n) is 2.91. The number of aromatic hydroxyl groups is 1. The van der Waals surface area contributed by atoms with Gasteiger partial charge in [0.15, 0.2) is 11.5 Å². The number of hydrogen-bond donors (Lipinski definition) is 1. The molecule has 1 heterocycles. The van der Waals surface area contributed by atoms with Crippen LogP contribution in [0.3, 0.4) is 0 Å². The van der Waals surface area contributed by atoms with Crippen LogP contribution >= 0.6 is 0 Å². The zero-order valence-corrected chi connectivity index (χ0v) is 14.6. The highest BCUT2D eigenvalue weighted by Crippen LogP contribution is 2.37. The number of aryl methyl sites for hydroxylation is 1. The molecule has 1 N–H and O–H groups in total. The summed E-state index contributed by atoms with van der Waals surface area (Å²) in [7, 11) is 3.06. The molecule has 0 aliphatic carbocycles. The number of phenols is 1. The third-order valence-corrected chi connectivity index (χ3v) is 4.30. The number of unbranched alkanes of at least 4 members (excludes halogenated alkanes) is 2. The highest BCUT2D eigenvalue weighted by Gasteiger charge is 2.14. The number of likely N-dealkylation sites (tertiary alicyclic amines) is 1. The van der Waals surface area contributed by atoms with Gasteiger partial charge in [0.25, 0.3) is 0 Å². The summed E-state index contributed by atoms with van der Waals surface area (Å²) < 4.78 is 10.3. The minimum Gasteiger partial charge on any atom is -0.502 e. The minimum atomic E-state index is 0.0344. The van der Waals surface area contributed by atoms with Crippen molar-refractivity contribution in [3.63, 3.8) is 0 Å². The molecule has 5 nitrogen and oxygen atoms in total. The summed E-state index contributed by atoms with van der Waals surface area (Å²) in [6, 6.07) is 3.68. The fourth-order valence-corrected chi connectivity index (χ4v) is 2.91. The number of rotatable bonds is 8. The van der Waals surface area contributed by atoms with Crippen molar-refractivity contribution in [3.8, 4) is 17.2 Å². The Hall–Kier alpha value is -2.17. The van der Waals surface area contributed by atoms with Gasteiger partial charge in [-0.05, 0) is 62.3 Å². The van der Waals surface area contributed by atoms with E-state index < -0.39 is 0 Å². The summed E-state index contributed by atoms with van der Waals surface area (Å²) in [6.07, 6.45) is 9.70. The number of carbonyl (C=O) groups excluding carboxylic acids is 1. The van der Waals surface area contributed by atoms with Crippen molar-refractivity contribution in [2.45, 2.75) is 38.5 Å². The molecule has 0 aromatic heterocycles. The summed E-state index contributed by atoms with van der Waals surface area (Å²) in [4.78, 5) is 13.8. The Morgan fingerprint density at radius 2 is 1.79 bits per heavy atom. The van der Waals surface area contributed by atoms with Crippen LogP contribution in [0.2, 0.25) is 0 Å². The van der Waals surface area contributed by atoms with E-state index in [-0.39, 0.29) is 11.7 Å². The van der Waals surface area contributed by atoms with Gasteiger partial charge >= 0.3 is 0 Å². The second kappa shape index (κ2) is 9.21. The van der Waals surface area contributed by atoms with E-state index in [9.17, 15) is 9.90 Å². The smallest absolute Gasteiger partial charge is 0.246 e. The van der Waals surface area contributed by atoms with E-state index in [0.717, 1.165) is 57.2 Å². The summed E-state index contributed by atoms with van der Waals surface area (Å²) in [6.45, 7) is 1.79. The first-order valence-electron chi connectivity index (χ1n) is 8.55. The Morgan fingerprint density at radius 3 is 2.38 bits per heavy atom. The molecule has 2 rings (SSSR count). The van der Waals surface area contributed by atoms with E-state index >= 15 is 0 Å². The van der Waals surface area contributed by atoms with E-state index in [1.807, 2.05) is 23.1 Å². The first-order chi connectivity index (χ1) is 11.7. The Morgan fingerprint density at radius 1 is 1.17 bits per heavy atom. The highest BCUT2D eigenvalue weighted by molar-refractivity contribution is 5.87. The molecule has 0 unspecified atom stereocenters. The molecule has 1 aromatic rings. The Labute approximate surface area is 143 Å². The molecule has 0 radical (unpaired) electrons. The Bertz CT molecular complexity index is 552. The molecule has 1 aliphatic rings. The van der Waals surface area contributed by atoms with Gasteiger partial charge in [0.05, 0.1) is 14.2 Å². The number of benzene rings is 1. The molecule has 0 bridgehead atoms. The molecule has 0 spiro atoms. The van der Waals surface area contributed by atoms with E-state index in [2.05, 4.69) is 0 Å². The summed E-state index contributed by atoms with van der Waals surface area (Å²) in [5.41, 5.74) is 1.07. The van der Waals surface area contributed by atoms with Gasteiger partial charge in [-0.25, -0.2) is 0 Å². The lowest BCUT2D eigenvalue weighted by Gasteiger charge is -2.11. The van der Waals surface area contributed by atoms with Gasteiger partial charge in [-0.2, -0.15) is 0 Å². The number of hydrogen-bond acceptors (Lipinski definition) is 4. The van der Waals surface area contributed by atoms with Crippen LogP contribution in [-0.4, -0.2) is 43.2 Å². The summed E-state index contributed by atoms with van der Waals surface area (Å²) in [5.74, 6) is 1.04. The van der Waals surface area contributed by atoms with Crippen LogP contribution < -0.4 is 9.47 Å². The lowest BCUT2D eigenvalue weighted by atomic mass is 10.1. The number of carbonyl (C=O) groups is 1. The molecule has 5 heteroatoms. The Kier molecular flexibility index (Phi) is 6.97. The molecule has 1 aliphatic heterocycles. The number of ether oxygens (including phenoxy) is 2. The molecule has 24 heavy (non-hydrogen) atoms. The molecular formula is C19H27NO4. The average Bonchev–Trinajstić information content (AvgIpc) is 3.13. The SMILES string of the molecule is COc1cc(CCCC/C=C/C(=O)N2CCCC2)cc(OC)c1O. The third-order valence-electron chi connectivity index (χ3n) is 4.30. The molecule has 132 valence electrons. The van der Waals surface area contributed by atoms with Gasteiger partial charge in [0, 0.05) is 13.1 Å². The van der Waals surface area contributed by atoms with E-state index in [4.69, 9.17) is 9.47 Å². The van der Waals surface area contributed by atoms with Crippen LogP contribution in [0.1, 0.15) is 37.7 Å². The molecule has 1 aromatic carbocycles. The van der Waals surface area contributed by atoms with Gasteiger partial charge in [-0.15, -0.1) is 0 Å². The number of nitrogens with zero attached hydrogens (tertiary/aromatic N) is 1. The largest absolute Gasteiger partial charge is 0.502 e. The van der Waals surface area contributed by atoms with Crippen molar-refractivity contribution in [1.82, 2.24) is 4.90 Å². The molecule has 1 amide bonds. The maximum atomic E-state index is 11.9. The lowest BCUT2D eigenvalue weighted by Crippen LogP contribution is -2.25. The molecular weight excluding hydrogens is 306 g/mol. The summed E-state index contributed by atoms with van der Waals surface area (Å²) in [5, 5.41) is 9.90. The highest BCUT2D eigenvalue weighted by atomic mass is 16.5. The zero-order valence-electron chi connectivity index (χ0n) is 14.6. The van der Waals surface area contributed by atoms with Crippen LogP contribution in [-0.2, 0) is 11.2 Å². The second-order valence-corrected chi connectivity index (χ2v) is 6.03. The predicted molar refractivity (Wildman–Crippen MR) is 93.7 cm³/mol. The fraction of sp³-hybridized carbons (Fsp3) is 0.526. The van der Waals surface area contributed by atoms with Crippen LogP contribution in [0.5, 0.6) is 17.2 Å². The van der Waals surface area contributed by atoms with Crippen molar-refractivity contribution in [2.75, 3.05) is 27.3 Å². The third kappa shape index (κ3) is 4.91. The number of phenolic OH excluding ortho intramolecular Hbond substituents is 1. The number of methoxy groups -OCH3 is 2. The van der Waals surface area contributed by atoms with Crippen molar-refractivity contribution in [2.24, 2.45) is 0 Å². The topological polar surface area (TPSA) is 59.0 Å². The lowest BCUT2D eigenvalue weighted by molar-refractivity contribution is -0.125. The normalized spacial score (nSPS) is 14.3. The van der Waals surface area contributed by atoms with Gasteiger partial charge in [-0.1, -0.05) is 6.08 Å². The molecule has 0 saturated carbocycles. The predicted octanol–water partition coefficient (Wildman–Crippen LogP) is 3.30. The minimum absolute atomic E-state index is 0.0344. The molecule has 0 atom stereocenters. The first-order valence-corrected chi connectivity index (χ1v) is 8.55. The Balaban J connectivity index is 1.75. The second-order valence-electron chi connectivity index (χ2n) is 6.03. The van der Waals surface area contributed by atoms with Crippen LogP contribution in [0.15, 0.2) is 24.3 Å². The number of allylic oxidation sites excluding steroid dienone is 1. The van der Waals surface area contributed by atoms with Crippen molar-refractivity contribution < 1.29 is 19.4 Å². The van der Waals surface area contributed by atoms with Crippen molar-refractivity contribution in [3.05, 3.63) is 29.8 Å². The average molecular weight is 333 g/mol. The van der Waals surface area contributed by atoms with Gasteiger partial charge < -0.3 is 19.5 Å². The standard InChI is InChI=1S/C19H27NO4/c1-23-16-13-15(14-17(24-2)19(16)22)9-5-3-4-6-10-18(21)20-11-7-8-12-20/h6,10,13-14,22H,3-5,7-9,11-12H2,1-2H3/b10-6+. The monoisotopic (exact) mass is 333 g/mol. The van der Waals surface area contributed by atoms with Gasteiger partial charge in [0.2, 0.25) is 11.7 Å². The van der Waals surface area contributed by atoms with Crippen LogP contribution in [0.4, 0.5) is 0 Å². The summed E-state index contributed by atoms with van der Waals surface area (Å²) >= 11 is 0. The quantitative estimate of drug-likeness (QED) is 0.586. The van der Waals surface area contributed by atoms with Gasteiger partial charge in [-0.3, -0.25) is 4.79 Å². The van der Waals surface area contributed by atoms with Crippen molar-refractivity contribution >= 4 is 5.91 Å². The van der Waals surface area contributed by atoms with Crippen LogP contribution in [0, 0.1) is 0 Å². The maximum Gasteiger partial charge on any atom is 0.246 e. The van der Waals surface area contributed by atoms with Crippen LogP contribution in [0.25, 0.3) is 0 Å².